The minimum absolute atomic E-state index is 0.286. The summed E-state index contributed by atoms with van der Waals surface area (Å²) in [6, 6.07) is 12.9. The Morgan fingerprint density at radius 3 is 1.90 bits per heavy atom. The van der Waals surface area contributed by atoms with Crippen LogP contribution in [0.1, 0.15) is 52.4 Å². The van der Waals surface area contributed by atoms with E-state index in [-0.39, 0.29) is 5.75 Å². The van der Waals surface area contributed by atoms with Gasteiger partial charge in [0.05, 0.1) is 10.1 Å². The van der Waals surface area contributed by atoms with Gasteiger partial charge in [-0.2, -0.15) is 0 Å². The Bertz CT molecular complexity index is 810. The molecule has 1 heterocycles. The molecule has 160 valence electrons. The molecule has 0 spiro atoms. The molecule has 1 aromatic heterocycles. The number of benzene rings is 1. The van der Waals surface area contributed by atoms with E-state index in [4.69, 9.17) is 0 Å². The first-order valence-corrected chi connectivity index (χ1v) is 12.3. The molecule has 0 bridgehead atoms. The summed E-state index contributed by atoms with van der Waals surface area (Å²) in [4.78, 5) is 2.48. The van der Waals surface area contributed by atoms with Crippen LogP contribution in [0.25, 0.3) is 11.1 Å². The Morgan fingerprint density at radius 1 is 0.828 bits per heavy atom. The van der Waals surface area contributed by atoms with Crippen LogP contribution in [0.2, 0.25) is 0 Å². The van der Waals surface area contributed by atoms with Gasteiger partial charge < -0.3 is 9.45 Å². The lowest BCUT2D eigenvalue weighted by Crippen LogP contribution is -2.32. The molecule has 0 aliphatic heterocycles. The van der Waals surface area contributed by atoms with Crippen LogP contribution in [0.4, 0.5) is 5.69 Å². The zero-order chi connectivity index (χ0) is 21.1. The van der Waals surface area contributed by atoms with E-state index in [1.807, 2.05) is 17.0 Å². The molecule has 5 nitrogen and oxygen atoms in total. The second-order valence-electron chi connectivity index (χ2n) is 7.53. The van der Waals surface area contributed by atoms with Crippen LogP contribution in [0, 0.1) is 0 Å². The molecule has 0 aliphatic rings. The van der Waals surface area contributed by atoms with Crippen LogP contribution in [-0.4, -0.2) is 31.8 Å². The van der Waals surface area contributed by atoms with Gasteiger partial charge in [0.15, 0.2) is 12.4 Å². The second kappa shape index (κ2) is 11.9. The van der Waals surface area contributed by atoms with E-state index in [0.717, 1.165) is 18.7 Å². The zero-order valence-corrected chi connectivity index (χ0v) is 18.5. The Kier molecular flexibility index (Phi) is 9.61. The molecule has 29 heavy (non-hydrogen) atoms. The highest BCUT2D eigenvalue weighted by Gasteiger charge is 2.08. The molecule has 0 unspecified atom stereocenters. The van der Waals surface area contributed by atoms with Gasteiger partial charge in [-0.3, -0.25) is 0 Å². The Morgan fingerprint density at radius 2 is 1.38 bits per heavy atom. The molecule has 1 aromatic carbocycles. The third kappa shape index (κ3) is 8.54. The first-order valence-electron chi connectivity index (χ1n) is 10.7. The molecule has 0 saturated carbocycles. The molecule has 0 atom stereocenters. The Balaban J connectivity index is 1.96. The first kappa shape index (κ1) is 23.4. The monoisotopic (exact) mass is 418 g/mol. The van der Waals surface area contributed by atoms with Gasteiger partial charge in [0.25, 0.3) is 0 Å². The van der Waals surface area contributed by atoms with Gasteiger partial charge in [0.2, 0.25) is 0 Å². The number of hydrogen-bond donors (Lipinski definition) is 0. The summed E-state index contributed by atoms with van der Waals surface area (Å²) >= 11 is 0. The number of aromatic nitrogens is 1. The summed E-state index contributed by atoms with van der Waals surface area (Å²) in [6.45, 7) is 7.38. The van der Waals surface area contributed by atoms with Crippen LogP contribution >= 0.6 is 0 Å². The van der Waals surface area contributed by atoms with E-state index in [9.17, 15) is 13.0 Å². The number of nitrogens with zero attached hydrogens (tertiary/aromatic N) is 2. The predicted octanol–water partition coefficient (Wildman–Crippen LogP) is 4.37. The van der Waals surface area contributed by atoms with Crippen molar-refractivity contribution in [1.82, 2.24) is 0 Å². The molecule has 0 amide bonds. The summed E-state index contributed by atoms with van der Waals surface area (Å²) in [6.07, 6.45) is 9.91. The first-order chi connectivity index (χ1) is 13.9. The molecule has 0 N–H and O–H groups in total. The van der Waals surface area contributed by atoms with Crippen LogP contribution in [-0.2, 0) is 16.7 Å². The Hall–Kier alpha value is -1.92. The predicted molar refractivity (Wildman–Crippen MR) is 118 cm³/mol. The molecule has 0 aliphatic carbocycles. The highest BCUT2D eigenvalue weighted by atomic mass is 32.2. The lowest BCUT2D eigenvalue weighted by molar-refractivity contribution is -0.697. The normalized spacial score (nSPS) is 11.6. The third-order valence-electron chi connectivity index (χ3n) is 5.08. The quantitative estimate of drug-likeness (QED) is 0.275. The van der Waals surface area contributed by atoms with Crippen molar-refractivity contribution in [2.75, 3.05) is 23.7 Å². The molecular weight excluding hydrogens is 384 g/mol. The Labute approximate surface area is 176 Å². The van der Waals surface area contributed by atoms with Gasteiger partial charge in [-0.05, 0) is 42.5 Å². The smallest absolute Gasteiger partial charge is 0.169 e. The number of anilines is 1. The summed E-state index contributed by atoms with van der Waals surface area (Å²) in [5, 5.41) is 0. The van der Waals surface area contributed by atoms with E-state index in [1.54, 1.807) is 0 Å². The van der Waals surface area contributed by atoms with Crippen LogP contribution in [0.3, 0.4) is 0 Å². The van der Waals surface area contributed by atoms with Crippen molar-refractivity contribution < 1.29 is 17.5 Å². The topological polar surface area (TPSA) is 64.3 Å². The number of aryl methyl sites for hydroxylation is 1. The number of hydrogen-bond acceptors (Lipinski definition) is 4. The number of pyridine rings is 1. The standard InChI is InChI=1S/C23H34N2O3S/c1-3-5-16-25(17-6-4-2)23-11-9-21(10-12-23)22-13-18-24(19-14-22)15-7-8-20-29(26,27)28/h9-14,18-19H,3-8,15-17,20H2,1-2H3. The van der Waals surface area contributed by atoms with Crippen LogP contribution in [0.5, 0.6) is 0 Å². The average molecular weight is 419 g/mol. The van der Waals surface area contributed by atoms with Crippen molar-refractivity contribution in [3.05, 3.63) is 48.8 Å². The highest BCUT2D eigenvalue weighted by Crippen LogP contribution is 2.23. The molecular formula is C23H34N2O3S. The largest absolute Gasteiger partial charge is 0.748 e. The van der Waals surface area contributed by atoms with E-state index < -0.39 is 10.1 Å². The molecule has 6 heteroatoms. The van der Waals surface area contributed by atoms with Gasteiger partial charge in [0.1, 0.15) is 6.54 Å². The van der Waals surface area contributed by atoms with Gasteiger partial charge >= 0.3 is 0 Å². The zero-order valence-electron chi connectivity index (χ0n) is 17.7. The van der Waals surface area contributed by atoms with Gasteiger partial charge in [-0.25, -0.2) is 13.0 Å². The summed E-state index contributed by atoms with van der Waals surface area (Å²) < 4.78 is 34.0. The fraction of sp³-hybridized carbons (Fsp3) is 0.522. The average Bonchev–Trinajstić information content (AvgIpc) is 2.71. The van der Waals surface area contributed by atoms with Gasteiger partial charge in [-0.1, -0.05) is 38.8 Å². The molecule has 2 rings (SSSR count). The second-order valence-corrected chi connectivity index (χ2v) is 9.06. The fourth-order valence-electron chi connectivity index (χ4n) is 3.30. The highest BCUT2D eigenvalue weighted by molar-refractivity contribution is 7.85. The van der Waals surface area contributed by atoms with Crippen molar-refractivity contribution >= 4 is 15.8 Å². The lowest BCUT2D eigenvalue weighted by atomic mass is 10.1. The summed E-state index contributed by atoms with van der Waals surface area (Å²) in [5.74, 6) is -0.286. The van der Waals surface area contributed by atoms with Crippen molar-refractivity contribution in [1.29, 1.82) is 0 Å². The molecule has 0 fully saturated rings. The fourth-order valence-corrected chi connectivity index (χ4v) is 3.86. The van der Waals surface area contributed by atoms with Crippen molar-refractivity contribution in [2.24, 2.45) is 0 Å². The number of rotatable bonds is 13. The third-order valence-corrected chi connectivity index (χ3v) is 5.87. The van der Waals surface area contributed by atoms with E-state index >= 15 is 0 Å². The molecule has 0 radical (unpaired) electrons. The van der Waals surface area contributed by atoms with E-state index in [0.29, 0.717) is 19.4 Å². The van der Waals surface area contributed by atoms with Crippen LogP contribution in [0.15, 0.2) is 48.8 Å². The minimum atomic E-state index is -4.10. The van der Waals surface area contributed by atoms with Crippen molar-refractivity contribution in [2.45, 2.75) is 58.9 Å². The summed E-state index contributed by atoms with van der Waals surface area (Å²) in [7, 11) is -4.10. The van der Waals surface area contributed by atoms with Crippen molar-refractivity contribution in [3.63, 3.8) is 0 Å². The van der Waals surface area contributed by atoms with E-state index in [1.165, 1.54) is 36.9 Å². The van der Waals surface area contributed by atoms with Gasteiger partial charge in [0, 0.05) is 43.1 Å². The van der Waals surface area contributed by atoms with Crippen LogP contribution < -0.4 is 9.47 Å². The maximum Gasteiger partial charge on any atom is 0.169 e. The maximum atomic E-state index is 10.6. The molecule has 2 aromatic rings. The SMILES string of the molecule is CCCCN(CCCC)c1ccc(-c2cc[n+](CCCCS(=O)(=O)[O-])cc2)cc1. The summed E-state index contributed by atoms with van der Waals surface area (Å²) in [5.41, 5.74) is 3.63. The minimum Gasteiger partial charge on any atom is -0.748 e. The van der Waals surface area contributed by atoms with E-state index in [2.05, 4.69) is 55.1 Å². The van der Waals surface area contributed by atoms with Crippen molar-refractivity contribution in [3.8, 4) is 11.1 Å². The molecule has 0 saturated heterocycles. The van der Waals surface area contributed by atoms with Gasteiger partial charge in [-0.15, -0.1) is 0 Å². The maximum absolute atomic E-state index is 10.6. The lowest BCUT2D eigenvalue weighted by Gasteiger charge is -2.25. The number of unbranched alkanes of at least 4 members (excludes halogenated alkanes) is 3.